The van der Waals surface area contributed by atoms with E-state index in [1.165, 1.54) is 0 Å². The molecule has 3 N–H and O–H groups in total. The van der Waals surface area contributed by atoms with Crippen LogP contribution < -0.4 is 15.4 Å². The van der Waals surface area contributed by atoms with Crippen molar-refractivity contribution < 1.29 is 9.53 Å². The van der Waals surface area contributed by atoms with E-state index in [1.807, 2.05) is 60.7 Å². The molecule has 0 spiro atoms. The zero-order chi connectivity index (χ0) is 21.8. The van der Waals surface area contributed by atoms with Crippen molar-refractivity contribution in [2.45, 2.75) is 0 Å². The predicted molar refractivity (Wildman–Crippen MR) is 125 cm³/mol. The molecular weight excluding hydrogens is 402 g/mol. The summed E-state index contributed by atoms with van der Waals surface area (Å²) in [5, 5.41) is 14.1. The van der Waals surface area contributed by atoms with Crippen LogP contribution in [-0.4, -0.2) is 21.1 Å². The Kier molecular flexibility index (Phi) is 5.20. The molecule has 0 saturated heterocycles. The second-order valence-electron chi connectivity index (χ2n) is 7.09. The molecule has 0 atom stereocenters. The highest BCUT2D eigenvalue weighted by molar-refractivity contribution is 6.07. The lowest BCUT2D eigenvalue weighted by Crippen LogP contribution is -2.14. The minimum Gasteiger partial charge on any atom is -0.457 e. The van der Waals surface area contributed by atoms with Gasteiger partial charge in [-0.2, -0.15) is 5.10 Å². The number of anilines is 3. The molecule has 2 aromatic heterocycles. The lowest BCUT2D eigenvalue weighted by atomic mass is 10.2. The summed E-state index contributed by atoms with van der Waals surface area (Å²) in [4.78, 5) is 17.3. The van der Waals surface area contributed by atoms with Crippen LogP contribution in [0.15, 0.2) is 97.3 Å². The first-order valence-electron chi connectivity index (χ1n) is 10.0. The molecule has 0 unspecified atom stereocenters. The number of nitrogens with zero attached hydrogens (tertiary/aromatic N) is 2. The Hall–Kier alpha value is -4.65. The van der Waals surface area contributed by atoms with Crippen molar-refractivity contribution in [3.63, 3.8) is 0 Å². The molecule has 32 heavy (non-hydrogen) atoms. The third-order valence-electron chi connectivity index (χ3n) is 4.85. The maximum absolute atomic E-state index is 12.9. The van der Waals surface area contributed by atoms with Crippen LogP contribution in [0.2, 0.25) is 0 Å². The number of nitrogens with one attached hydrogen (secondary N) is 3. The summed E-state index contributed by atoms with van der Waals surface area (Å²) in [6, 6.07) is 26.0. The molecule has 0 aliphatic carbocycles. The highest BCUT2D eigenvalue weighted by Gasteiger charge is 2.13. The Morgan fingerprint density at radius 3 is 2.47 bits per heavy atom. The molecule has 1 amide bonds. The van der Waals surface area contributed by atoms with E-state index in [0.29, 0.717) is 22.8 Å². The molecule has 5 rings (SSSR count). The maximum Gasteiger partial charge on any atom is 0.259 e. The zero-order valence-electron chi connectivity index (χ0n) is 16.9. The van der Waals surface area contributed by atoms with Gasteiger partial charge >= 0.3 is 0 Å². The van der Waals surface area contributed by atoms with Crippen LogP contribution in [0.5, 0.6) is 11.5 Å². The van der Waals surface area contributed by atoms with Crippen molar-refractivity contribution in [1.82, 2.24) is 15.2 Å². The van der Waals surface area contributed by atoms with Gasteiger partial charge in [0.1, 0.15) is 17.3 Å². The third-order valence-corrected chi connectivity index (χ3v) is 4.85. The molecule has 0 bridgehead atoms. The van der Waals surface area contributed by atoms with Crippen molar-refractivity contribution >= 4 is 34.0 Å². The van der Waals surface area contributed by atoms with Crippen molar-refractivity contribution in [1.29, 1.82) is 0 Å². The summed E-state index contributed by atoms with van der Waals surface area (Å²) in [7, 11) is 0. The summed E-state index contributed by atoms with van der Waals surface area (Å²) < 4.78 is 5.79. The van der Waals surface area contributed by atoms with Gasteiger partial charge in [0.2, 0.25) is 0 Å². The summed E-state index contributed by atoms with van der Waals surface area (Å²) in [6.07, 6.45) is 3.40. The van der Waals surface area contributed by atoms with Gasteiger partial charge in [0.05, 0.1) is 17.3 Å². The van der Waals surface area contributed by atoms with Gasteiger partial charge in [-0.15, -0.1) is 0 Å². The van der Waals surface area contributed by atoms with E-state index in [1.54, 1.807) is 36.7 Å². The molecule has 0 fully saturated rings. The number of H-pyrrole nitrogens is 1. The fourth-order valence-corrected chi connectivity index (χ4v) is 3.27. The number of amides is 1. The number of pyridine rings is 1. The molecule has 0 saturated carbocycles. The van der Waals surface area contributed by atoms with Gasteiger partial charge in [-0.25, -0.2) is 4.98 Å². The van der Waals surface area contributed by atoms with E-state index in [0.717, 1.165) is 22.3 Å². The van der Waals surface area contributed by atoms with E-state index >= 15 is 0 Å². The number of aromatic amines is 1. The van der Waals surface area contributed by atoms with E-state index < -0.39 is 0 Å². The van der Waals surface area contributed by atoms with Gasteiger partial charge in [0, 0.05) is 23.0 Å². The number of aromatic nitrogens is 3. The van der Waals surface area contributed by atoms with Gasteiger partial charge in [0.25, 0.3) is 5.91 Å². The number of carbonyl (C=O) groups is 1. The summed E-state index contributed by atoms with van der Waals surface area (Å²) in [5.74, 6) is 1.64. The number of ether oxygens (including phenoxy) is 1. The predicted octanol–water partition coefficient (Wildman–Crippen LogP) is 5.75. The second-order valence-corrected chi connectivity index (χ2v) is 7.09. The highest BCUT2D eigenvalue weighted by atomic mass is 16.5. The molecule has 7 nitrogen and oxygen atoms in total. The van der Waals surface area contributed by atoms with Crippen molar-refractivity contribution in [3.05, 3.63) is 103 Å². The Bertz CT molecular complexity index is 1360. The Morgan fingerprint density at radius 1 is 0.844 bits per heavy atom. The van der Waals surface area contributed by atoms with Crippen LogP contribution in [0.4, 0.5) is 17.2 Å². The molecular formula is C25H19N5O2. The van der Waals surface area contributed by atoms with Crippen LogP contribution in [0, 0.1) is 0 Å². The monoisotopic (exact) mass is 421 g/mol. The van der Waals surface area contributed by atoms with Gasteiger partial charge in [-0.3, -0.25) is 9.89 Å². The molecule has 0 aliphatic heterocycles. The quantitative estimate of drug-likeness (QED) is 0.325. The van der Waals surface area contributed by atoms with Gasteiger partial charge in [0.15, 0.2) is 0 Å². The van der Waals surface area contributed by atoms with Gasteiger partial charge in [-0.1, -0.05) is 18.2 Å². The number of benzene rings is 3. The van der Waals surface area contributed by atoms with Crippen LogP contribution in [-0.2, 0) is 0 Å². The first-order chi connectivity index (χ1) is 15.7. The normalized spacial score (nSPS) is 10.6. The van der Waals surface area contributed by atoms with E-state index in [2.05, 4.69) is 25.8 Å². The first-order valence-corrected chi connectivity index (χ1v) is 10.0. The molecule has 0 aliphatic rings. The molecule has 3 aromatic carbocycles. The SMILES string of the molecule is O=C(Nc1ccc(Oc2ccccc2)cc1)c1cccnc1Nc1ccc2cn[nH]c2c1. The van der Waals surface area contributed by atoms with E-state index in [4.69, 9.17) is 4.74 Å². The van der Waals surface area contributed by atoms with Gasteiger partial charge in [-0.05, 0) is 66.7 Å². The fourth-order valence-electron chi connectivity index (χ4n) is 3.27. The van der Waals surface area contributed by atoms with Crippen molar-refractivity contribution in [2.24, 2.45) is 0 Å². The van der Waals surface area contributed by atoms with Gasteiger partial charge < -0.3 is 15.4 Å². The Labute approximate surface area is 184 Å². The highest BCUT2D eigenvalue weighted by Crippen LogP contribution is 2.25. The Morgan fingerprint density at radius 2 is 1.62 bits per heavy atom. The number of rotatable bonds is 6. The van der Waals surface area contributed by atoms with Crippen LogP contribution in [0.25, 0.3) is 10.9 Å². The average molecular weight is 421 g/mol. The minimum atomic E-state index is -0.264. The Balaban J connectivity index is 1.30. The standard InChI is InChI=1S/C25H19N5O2/c31-25(29-18-10-12-21(13-11-18)32-20-5-2-1-3-6-20)22-7-4-14-26-24(22)28-19-9-8-17-16-27-30-23(17)15-19/h1-16H,(H,26,28)(H,27,30)(H,29,31). The summed E-state index contributed by atoms with van der Waals surface area (Å²) in [6.45, 7) is 0. The summed E-state index contributed by atoms with van der Waals surface area (Å²) in [5.41, 5.74) is 2.79. The smallest absolute Gasteiger partial charge is 0.259 e. The van der Waals surface area contributed by atoms with Crippen LogP contribution in [0.3, 0.4) is 0 Å². The minimum absolute atomic E-state index is 0.264. The van der Waals surface area contributed by atoms with Crippen LogP contribution in [0.1, 0.15) is 10.4 Å². The zero-order valence-corrected chi connectivity index (χ0v) is 16.9. The van der Waals surface area contributed by atoms with E-state index in [-0.39, 0.29) is 5.91 Å². The molecule has 7 heteroatoms. The molecule has 2 heterocycles. The molecule has 0 radical (unpaired) electrons. The maximum atomic E-state index is 12.9. The lowest BCUT2D eigenvalue weighted by Gasteiger charge is -2.12. The first kappa shape index (κ1) is 19.3. The number of fused-ring (bicyclic) bond motifs is 1. The topological polar surface area (TPSA) is 91.9 Å². The number of hydrogen-bond acceptors (Lipinski definition) is 5. The van der Waals surface area contributed by atoms with Crippen molar-refractivity contribution in [3.8, 4) is 11.5 Å². The van der Waals surface area contributed by atoms with Crippen LogP contribution >= 0.6 is 0 Å². The number of para-hydroxylation sites is 1. The third kappa shape index (κ3) is 4.27. The average Bonchev–Trinajstić information content (AvgIpc) is 3.29. The number of hydrogen-bond donors (Lipinski definition) is 3. The molecule has 156 valence electrons. The lowest BCUT2D eigenvalue weighted by molar-refractivity contribution is 0.102. The number of carbonyl (C=O) groups excluding carboxylic acids is 1. The van der Waals surface area contributed by atoms with E-state index in [9.17, 15) is 4.79 Å². The van der Waals surface area contributed by atoms with Crippen molar-refractivity contribution in [2.75, 3.05) is 10.6 Å². The summed E-state index contributed by atoms with van der Waals surface area (Å²) >= 11 is 0. The largest absolute Gasteiger partial charge is 0.457 e. The fraction of sp³-hybridized carbons (Fsp3) is 0. The molecule has 5 aromatic rings. The second kappa shape index (κ2) is 8.61.